The maximum atomic E-state index is 13.6. The lowest BCUT2D eigenvalue weighted by Gasteiger charge is -2.12. The fourth-order valence-corrected chi connectivity index (χ4v) is 2.24. The Balaban J connectivity index is 1.57. The minimum atomic E-state index is -1.64. The molecule has 1 atom stereocenters. The Morgan fingerprint density at radius 3 is 2.73 bits per heavy atom. The molecule has 26 heavy (non-hydrogen) atoms. The standard InChI is InChI=1S/C16H13F3N4O3/c1-23(8-13-21-22-16(26-13)11-3-2-6-25-11)7-12(24)20-10-5-4-9(17)14(18)15(10)19/h2-6H,7-8H2,1H3,(H,20,24)/p+1. The fourth-order valence-electron chi connectivity index (χ4n) is 2.24. The minimum absolute atomic E-state index is 0.0864. The van der Waals surface area contributed by atoms with Gasteiger partial charge in [-0.1, -0.05) is 0 Å². The number of anilines is 1. The van der Waals surface area contributed by atoms with Crippen LogP contribution in [0.5, 0.6) is 0 Å². The van der Waals surface area contributed by atoms with E-state index in [1.807, 2.05) is 0 Å². The highest BCUT2D eigenvalue weighted by Crippen LogP contribution is 2.19. The Morgan fingerprint density at radius 1 is 1.19 bits per heavy atom. The molecule has 0 aliphatic heterocycles. The predicted octanol–water partition coefficient (Wildman–Crippen LogP) is 1.40. The van der Waals surface area contributed by atoms with Gasteiger partial charge in [-0.25, -0.2) is 13.2 Å². The highest BCUT2D eigenvalue weighted by atomic mass is 19.2. The van der Waals surface area contributed by atoms with E-state index in [4.69, 9.17) is 8.83 Å². The average Bonchev–Trinajstić information content (AvgIpc) is 3.26. The van der Waals surface area contributed by atoms with Crippen LogP contribution in [0.25, 0.3) is 11.7 Å². The number of carbonyl (C=O) groups excluding carboxylic acids is 1. The van der Waals surface area contributed by atoms with Crippen LogP contribution in [0.3, 0.4) is 0 Å². The highest BCUT2D eigenvalue weighted by molar-refractivity contribution is 5.91. The number of benzene rings is 1. The van der Waals surface area contributed by atoms with Crippen LogP contribution in [0.2, 0.25) is 0 Å². The molecular weight excluding hydrogens is 353 g/mol. The first-order valence-corrected chi connectivity index (χ1v) is 7.55. The van der Waals surface area contributed by atoms with E-state index in [0.717, 1.165) is 12.1 Å². The summed E-state index contributed by atoms with van der Waals surface area (Å²) < 4.78 is 50.2. The molecule has 2 aromatic heterocycles. The van der Waals surface area contributed by atoms with Gasteiger partial charge in [0.1, 0.15) is 0 Å². The first-order valence-electron chi connectivity index (χ1n) is 7.55. The molecule has 1 aromatic carbocycles. The van der Waals surface area contributed by atoms with Crippen molar-refractivity contribution in [1.29, 1.82) is 0 Å². The van der Waals surface area contributed by atoms with Crippen molar-refractivity contribution in [3.8, 4) is 11.7 Å². The second-order valence-electron chi connectivity index (χ2n) is 5.56. The van der Waals surface area contributed by atoms with E-state index in [1.54, 1.807) is 19.2 Å². The molecule has 0 saturated carbocycles. The Bertz CT molecular complexity index is 912. The second-order valence-corrected chi connectivity index (χ2v) is 5.56. The van der Waals surface area contributed by atoms with Gasteiger partial charge >= 0.3 is 0 Å². The second kappa shape index (κ2) is 7.40. The zero-order valence-corrected chi connectivity index (χ0v) is 13.6. The van der Waals surface area contributed by atoms with Crippen molar-refractivity contribution in [3.05, 3.63) is 53.9 Å². The summed E-state index contributed by atoms with van der Waals surface area (Å²) in [7, 11) is 1.68. The van der Waals surface area contributed by atoms with E-state index < -0.39 is 29.0 Å². The Kier molecular flexibility index (Phi) is 5.03. The van der Waals surface area contributed by atoms with Crippen LogP contribution >= 0.6 is 0 Å². The molecule has 7 nitrogen and oxygen atoms in total. The van der Waals surface area contributed by atoms with Gasteiger partial charge in [-0.05, 0) is 24.3 Å². The number of nitrogens with one attached hydrogen (secondary N) is 2. The van der Waals surface area contributed by atoms with Crippen LogP contribution in [-0.2, 0) is 11.3 Å². The van der Waals surface area contributed by atoms with Crippen molar-refractivity contribution < 1.29 is 31.7 Å². The fraction of sp³-hybridized carbons (Fsp3) is 0.188. The number of quaternary nitrogens is 1. The lowest BCUT2D eigenvalue weighted by atomic mass is 10.2. The third-order valence-electron chi connectivity index (χ3n) is 3.42. The molecule has 1 amide bonds. The third kappa shape index (κ3) is 3.91. The first kappa shape index (κ1) is 17.7. The zero-order chi connectivity index (χ0) is 18.7. The summed E-state index contributed by atoms with van der Waals surface area (Å²) in [6, 6.07) is 5.03. The Morgan fingerprint density at radius 2 is 2.00 bits per heavy atom. The Labute approximate surface area is 145 Å². The van der Waals surface area contributed by atoms with Crippen LogP contribution < -0.4 is 10.2 Å². The molecule has 1 unspecified atom stereocenters. The molecule has 10 heteroatoms. The lowest BCUT2D eigenvalue weighted by Crippen LogP contribution is -3.08. The van der Waals surface area contributed by atoms with Gasteiger partial charge in [0.25, 0.3) is 17.7 Å². The normalized spacial score (nSPS) is 12.2. The zero-order valence-electron chi connectivity index (χ0n) is 13.6. The number of amides is 1. The molecule has 0 bridgehead atoms. The maximum absolute atomic E-state index is 13.6. The number of halogens is 3. The molecule has 0 spiro atoms. The van der Waals surface area contributed by atoms with E-state index >= 15 is 0 Å². The van der Waals surface area contributed by atoms with Crippen molar-refractivity contribution in [1.82, 2.24) is 10.2 Å². The average molecular weight is 367 g/mol. The van der Waals surface area contributed by atoms with Crippen LogP contribution in [0.15, 0.2) is 39.4 Å². The molecule has 0 aliphatic rings. The van der Waals surface area contributed by atoms with E-state index in [0.29, 0.717) is 10.7 Å². The monoisotopic (exact) mass is 367 g/mol. The Hall–Kier alpha value is -3.14. The summed E-state index contributed by atoms with van der Waals surface area (Å²) in [5.74, 6) is -4.08. The van der Waals surface area contributed by atoms with Gasteiger partial charge in [0.05, 0.1) is 19.0 Å². The molecule has 0 fully saturated rings. The van der Waals surface area contributed by atoms with Crippen LogP contribution in [0.1, 0.15) is 5.89 Å². The number of likely N-dealkylation sites (N-methyl/N-ethyl adjacent to an activating group) is 1. The predicted molar refractivity (Wildman–Crippen MR) is 82.4 cm³/mol. The van der Waals surface area contributed by atoms with E-state index in [2.05, 4.69) is 15.5 Å². The van der Waals surface area contributed by atoms with Crippen molar-refractivity contribution in [2.45, 2.75) is 6.54 Å². The molecule has 3 aromatic rings. The molecule has 0 saturated heterocycles. The number of hydrogen-bond acceptors (Lipinski definition) is 5. The number of nitrogens with zero attached hydrogens (tertiary/aromatic N) is 2. The number of hydrogen-bond donors (Lipinski definition) is 2. The van der Waals surface area contributed by atoms with Gasteiger partial charge in [-0.2, -0.15) is 0 Å². The summed E-state index contributed by atoms with van der Waals surface area (Å²) in [4.78, 5) is 12.6. The molecule has 2 N–H and O–H groups in total. The van der Waals surface area contributed by atoms with Crippen LogP contribution in [-0.4, -0.2) is 29.7 Å². The molecule has 2 heterocycles. The smallest absolute Gasteiger partial charge is 0.283 e. The molecule has 0 aliphatic carbocycles. The van der Waals surface area contributed by atoms with Gasteiger partial charge < -0.3 is 19.1 Å². The van der Waals surface area contributed by atoms with Gasteiger partial charge in [0.15, 0.2) is 36.3 Å². The molecule has 136 valence electrons. The number of aromatic nitrogens is 2. The molecule has 3 rings (SSSR count). The van der Waals surface area contributed by atoms with E-state index in [-0.39, 0.29) is 24.9 Å². The summed E-state index contributed by atoms with van der Waals surface area (Å²) in [6.45, 7) is 0.137. The topological polar surface area (TPSA) is 85.6 Å². The minimum Gasteiger partial charge on any atom is -0.459 e. The molecule has 0 radical (unpaired) electrons. The van der Waals surface area contributed by atoms with Gasteiger partial charge in [-0.3, -0.25) is 4.79 Å². The van der Waals surface area contributed by atoms with E-state index in [1.165, 1.54) is 6.26 Å². The summed E-state index contributed by atoms with van der Waals surface area (Å²) >= 11 is 0. The SMILES string of the molecule is C[NH+](CC(=O)Nc1ccc(F)c(F)c1F)Cc1nnc(-c2ccco2)o1. The largest absolute Gasteiger partial charge is 0.459 e. The lowest BCUT2D eigenvalue weighted by molar-refractivity contribution is -0.886. The van der Waals surface area contributed by atoms with Crippen molar-refractivity contribution in [2.75, 3.05) is 18.9 Å². The summed E-state index contributed by atoms with van der Waals surface area (Å²) in [5.41, 5.74) is -0.431. The summed E-state index contributed by atoms with van der Waals surface area (Å²) in [5, 5.41) is 9.89. The van der Waals surface area contributed by atoms with Gasteiger partial charge in [-0.15, -0.1) is 10.2 Å². The van der Waals surface area contributed by atoms with Gasteiger partial charge in [0, 0.05) is 0 Å². The third-order valence-corrected chi connectivity index (χ3v) is 3.42. The van der Waals surface area contributed by atoms with Crippen molar-refractivity contribution >= 4 is 11.6 Å². The first-order chi connectivity index (χ1) is 12.4. The highest BCUT2D eigenvalue weighted by Gasteiger charge is 2.19. The molecular formula is C16H14F3N4O3+. The number of furan rings is 1. The van der Waals surface area contributed by atoms with Crippen LogP contribution in [0, 0.1) is 17.5 Å². The van der Waals surface area contributed by atoms with Crippen molar-refractivity contribution in [3.63, 3.8) is 0 Å². The maximum Gasteiger partial charge on any atom is 0.283 e. The van der Waals surface area contributed by atoms with Gasteiger partial charge in [0.2, 0.25) is 0 Å². The number of rotatable bonds is 6. The van der Waals surface area contributed by atoms with Crippen LogP contribution in [0.4, 0.5) is 18.9 Å². The number of carbonyl (C=O) groups is 1. The van der Waals surface area contributed by atoms with Crippen molar-refractivity contribution in [2.24, 2.45) is 0 Å². The van der Waals surface area contributed by atoms with E-state index in [9.17, 15) is 18.0 Å². The summed E-state index contributed by atoms with van der Waals surface area (Å²) in [6.07, 6.45) is 1.47. The quantitative estimate of drug-likeness (QED) is 0.644.